The van der Waals surface area contributed by atoms with Crippen LogP contribution in [0.25, 0.3) is 0 Å². The fourth-order valence-corrected chi connectivity index (χ4v) is 6.30. The van der Waals surface area contributed by atoms with Crippen molar-refractivity contribution in [3.8, 4) is 0 Å². The second kappa shape index (κ2) is 32.3. The number of carbonyl (C=O) groups is 4. The Morgan fingerprint density at radius 1 is 0.754 bits per heavy atom. The van der Waals surface area contributed by atoms with E-state index in [1.807, 2.05) is 50.2 Å². The summed E-state index contributed by atoms with van der Waals surface area (Å²) in [6.45, 7) is 17.7. The molecule has 332 valence electrons. The lowest BCUT2D eigenvalue weighted by atomic mass is 9.73. The van der Waals surface area contributed by atoms with Gasteiger partial charge in [0, 0.05) is 13.0 Å². The number of carboxylic acids is 1. The predicted octanol–water partition coefficient (Wildman–Crippen LogP) is 12.1. The molecule has 9 nitrogen and oxygen atoms in total. The molecule has 4 unspecified atom stereocenters. The van der Waals surface area contributed by atoms with Crippen LogP contribution in [0, 0.1) is 23.2 Å². The lowest BCUT2D eigenvalue weighted by molar-refractivity contribution is -0.161. The molecule has 1 heterocycles. The number of hydrogen-bond acceptors (Lipinski definition) is 8. The molecule has 0 aliphatic carbocycles. The largest absolute Gasteiger partial charge is 0.480 e. The van der Waals surface area contributed by atoms with E-state index < -0.39 is 35.5 Å². The third-order valence-corrected chi connectivity index (χ3v) is 10.0. The maximum Gasteiger partial charge on any atom is 0.320 e. The zero-order valence-electron chi connectivity index (χ0n) is 32.2. The number of carbonyl (C=O) groups excluding carboxylic acids is 3. The maximum absolute atomic E-state index is 13.2. The Hall–Kier alpha value is -3.72. The number of benzene rings is 2. The molecular weight excluding hydrogens is 719 g/mol. The van der Waals surface area contributed by atoms with Crippen LogP contribution < -0.4 is 5.32 Å². The molecule has 1 aliphatic heterocycles. The molecule has 1 fully saturated rings. The van der Waals surface area contributed by atoms with Crippen molar-refractivity contribution in [2.24, 2.45) is 23.2 Å². The molecule has 3 rings (SSSR count). The van der Waals surface area contributed by atoms with E-state index >= 15 is 0 Å². The minimum absolute atomic E-state index is 0. The van der Waals surface area contributed by atoms with Crippen molar-refractivity contribution in [1.82, 2.24) is 5.32 Å². The van der Waals surface area contributed by atoms with Crippen LogP contribution in [-0.2, 0) is 33.4 Å². The molecule has 2 aromatic carbocycles. The first kappa shape index (κ1) is 62.5. The lowest BCUT2D eigenvalue weighted by Crippen LogP contribution is -2.32. The van der Waals surface area contributed by atoms with Crippen molar-refractivity contribution in [3.05, 3.63) is 71.8 Å². The summed E-state index contributed by atoms with van der Waals surface area (Å²) in [5, 5.41) is 11.8. The van der Waals surface area contributed by atoms with Gasteiger partial charge in [0.25, 0.3) is 0 Å². The van der Waals surface area contributed by atoms with Crippen LogP contribution in [0.1, 0.15) is 168 Å². The number of rotatable bonds is 19. The molecule has 1 saturated heterocycles. The summed E-state index contributed by atoms with van der Waals surface area (Å²) in [5.74, 6) is 0.541. The summed E-state index contributed by atoms with van der Waals surface area (Å²) in [6.07, 6.45) is 2.77. The van der Waals surface area contributed by atoms with Gasteiger partial charge >= 0.3 is 23.9 Å². The lowest BCUT2D eigenvalue weighted by Gasteiger charge is -2.32. The number of ether oxygens (including phenoxy) is 3. The third-order valence-electron chi connectivity index (χ3n) is 10.0. The van der Waals surface area contributed by atoms with Gasteiger partial charge in [0.15, 0.2) is 0 Å². The van der Waals surface area contributed by atoms with Crippen LogP contribution >= 0.6 is 0 Å². The van der Waals surface area contributed by atoms with Gasteiger partial charge in [0.05, 0.1) is 18.3 Å². The number of hydrogen-bond donors (Lipinski definition) is 2. The highest BCUT2D eigenvalue weighted by molar-refractivity contribution is 5.78. The van der Waals surface area contributed by atoms with Crippen LogP contribution in [-0.4, -0.2) is 60.9 Å². The predicted molar refractivity (Wildman–Crippen MR) is 241 cm³/mol. The van der Waals surface area contributed by atoms with Gasteiger partial charge in [-0.25, -0.2) is 0 Å². The molecule has 2 N–H and O–H groups in total. The second-order valence-corrected chi connectivity index (χ2v) is 15.1. The Kier molecular flexibility index (Phi) is 35.4. The van der Waals surface area contributed by atoms with Crippen molar-refractivity contribution in [3.63, 3.8) is 0 Å². The normalized spacial score (nSPS) is 16.5. The third kappa shape index (κ3) is 23.3. The van der Waals surface area contributed by atoms with Gasteiger partial charge in [-0.15, -0.1) is 0 Å². The van der Waals surface area contributed by atoms with Gasteiger partial charge in [-0.05, 0) is 73.3 Å². The van der Waals surface area contributed by atoms with E-state index in [4.69, 9.17) is 19.3 Å². The Balaban J connectivity index is -0.000000537. The van der Waals surface area contributed by atoms with E-state index in [1.165, 1.54) is 17.5 Å². The monoisotopic (exact) mass is 806 g/mol. The standard InChI is InChI=1S/C33H43NO8.C9H20.6CH4/c1-4-33(3,21-26(25-13-9-6-10-14-25)19-23(2)24-11-7-5-8-12-24)32(39)41-18-17-40-29(35)15-16-30(36)42-27-20-28(31(37)38)34-22-27;1-7(2)6-9(5)8(3)4;;;;;;/h5-14,23,26-28,34H,4,15-22H2,1-3H3,(H,37,38);7-9H,6H2,1-5H3;6*1H4/t23?,26?,27-,28+,33?;;;;;;;/m1......./s1. The summed E-state index contributed by atoms with van der Waals surface area (Å²) in [5.41, 5.74) is 1.72. The van der Waals surface area contributed by atoms with Crippen LogP contribution in [0.5, 0.6) is 0 Å². The molecule has 0 saturated carbocycles. The van der Waals surface area contributed by atoms with Gasteiger partial charge in [0.2, 0.25) is 0 Å². The average molecular weight is 806 g/mol. The Bertz CT molecular complexity index is 1330. The quantitative estimate of drug-likeness (QED) is 0.0810. The molecular formula is C48H87NO8. The van der Waals surface area contributed by atoms with Crippen LogP contribution in [0.15, 0.2) is 60.7 Å². The molecule has 9 heteroatoms. The van der Waals surface area contributed by atoms with E-state index in [1.54, 1.807) is 0 Å². The van der Waals surface area contributed by atoms with Crippen LogP contribution in [0.3, 0.4) is 0 Å². The van der Waals surface area contributed by atoms with Crippen LogP contribution in [0.2, 0.25) is 0 Å². The number of esters is 3. The molecule has 6 atom stereocenters. The first-order chi connectivity index (χ1) is 24.1. The Morgan fingerprint density at radius 2 is 1.26 bits per heavy atom. The highest BCUT2D eigenvalue weighted by Crippen LogP contribution is 2.41. The average Bonchev–Trinajstić information content (AvgIpc) is 3.58. The van der Waals surface area contributed by atoms with E-state index in [2.05, 4.69) is 71.1 Å². The summed E-state index contributed by atoms with van der Waals surface area (Å²) in [4.78, 5) is 48.3. The van der Waals surface area contributed by atoms with Gasteiger partial charge in [0.1, 0.15) is 25.4 Å². The van der Waals surface area contributed by atoms with Crippen molar-refractivity contribution >= 4 is 23.9 Å². The molecule has 0 aromatic heterocycles. The van der Waals surface area contributed by atoms with Crippen molar-refractivity contribution in [1.29, 1.82) is 0 Å². The summed E-state index contributed by atoms with van der Waals surface area (Å²) in [6, 6.07) is 19.9. The Morgan fingerprint density at radius 3 is 1.72 bits per heavy atom. The fourth-order valence-electron chi connectivity index (χ4n) is 6.30. The highest BCUT2D eigenvalue weighted by atomic mass is 16.6. The Labute approximate surface area is 350 Å². The molecule has 0 bridgehead atoms. The minimum atomic E-state index is -0.995. The van der Waals surface area contributed by atoms with Crippen LogP contribution in [0.4, 0.5) is 0 Å². The van der Waals surface area contributed by atoms with Crippen molar-refractivity contribution in [2.45, 2.75) is 169 Å². The molecule has 0 spiro atoms. The summed E-state index contributed by atoms with van der Waals surface area (Å²) in [7, 11) is 0. The number of carboxylic acid groups (broad SMARTS) is 1. The van der Waals surface area contributed by atoms with E-state index in [0.717, 1.165) is 24.2 Å². The molecule has 0 amide bonds. The van der Waals surface area contributed by atoms with Gasteiger partial charge in [-0.3, -0.25) is 19.2 Å². The smallest absolute Gasteiger partial charge is 0.320 e. The van der Waals surface area contributed by atoms with E-state index in [-0.39, 0.29) is 95.5 Å². The van der Waals surface area contributed by atoms with E-state index in [9.17, 15) is 19.2 Å². The fraction of sp³-hybridized carbons (Fsp3) is 0.667. The number of aliphatic carboxylic acids is 1. The van der Waals surface area contributed by atoms with Gasteiger partial charge < -0.3 is 24.6 Å². The molecule has 2 aromatic rings. The van der Waals surface area contributed by atoms with Crippen molar-refractivity contribution in [2.75, 3.05) is 19.8 Å². The summed E-state index contributed by atoms with van der Waals surface area (Å²) < 4.78 is 15.9. The highest BCUT2D eigenvalue weighted by Gasteiger charge is 2.37. The molecule has 1 aliphatic rings. The first-order valence-electron chi connectivity index (χ1n) is 18.7. The molecule has 0 radical (unpaired) electrons. The second-order valence-electron chi connectivity index (χ2n) is 15.1. The zero-order chi connectivity index (χ0) is 38.0. The molecule has 57 heavy (non-hydrogen) atoms. The van der Waals surface area contributed by atoms with Gasteiger partial charge in [-0.2, -0.15) is 0 Å². The first-order valence-corrected chi connectivity index (χ1v) is 18.7. The van der Waals surface area contributed by atoms with Crippen molar-refractivity contribution < 1.29 is 38.5 Å². The van der Waals surface area contributed by atoms with Gasteiger partial charge in [-0.1, -0.05) is 154 Å². The SMILES string of the molecule is C.C.C.C.C.C.CC(C)CC(C)C(C)C.CCC(C)(CC(CC(C)c1ccccc1)c1ccccc1)C(=O)OCCOC(=O)CCC(=O)O[C@H]1CN[C@H](C(=O)O)C1. The zero-order valence-corrected chi connectivity index (χ0v) is 32.2. The topological polar surface area (TPSA) is 128 Å². The maximum atomic E-state index is 13.2. The van der Waals surface area contributed by atoms with E-state index in [0.29, 0.717) is 18.8 Å². The minimum Gasteiger partial charge on any atom is -0.480 e. The number of nitrogens with one attached hydrogen (secondary N) is 1. The summed E-state index contributed by atoms with van der Waals surface area (Å²) >= 11 is 0.